The van der Waals surface area contributed by atoms with Crippen molar-refractivity contribution in [2.75, 3.05) is 18.0 Å². The van der Waals surface area contributed by atoms with E-state index < -0.39 is 10.0 Å². The smallest absolute Gasteiger partial charge is 0.216 e. The van der Waals surface area contributed by atoms with Crippen molar-refractivity contribution in [1.29, 1.82) is 0 Å². The van der Waals surface area contributed by atoms with Gasteiger partial charge in [-0.1, -0.05) is 35.9 Å². The van der Waals surface area contributed by atoms with Gasteiger partial charge in [0.05, 0.1) is 5.75 Å². The molecule has 1 aromatic heterocycles. The fraction of sp³-hybridized carbons (Fsp3) is 0.353. The summed E-state index contributed by atoms with van der Waals surface area (Å²) in [6, 6.07) is 13.3. The average Bonchev–Trinajstić information content (AvgIpc) is 2.95. The number of benzene rings is 1. The van der Waals surface area contributed by atoms with Crippen molar-refractivity contribution in [3.05, 3.63) is 59.8 Å². The molecule has 23 heavy (non-hydrogen) atoms. The van der Waals surface area contributed by atoms with Gasteiger partial charge >= 0.3 is 0 Å². The monoisotopic (exact) mass is 331 g/mol. The van der Waals surface area contributed by atoms with Crippen molar-refractivity contribution in [2.45, 2.75) is 25.1 Å². The van der Waals surface area contributed by atoms with Gasteiger partial charge in [-0.15, -0.1) is 0 Å². The van der Waals surface area contributed by atoms with E-state index in [-0.39, 0.29) is 11.8 Å². The Hall–Kier alpha value is -1.92. The van der Waals surface area contributed by atoms with Crippen LogP contribution in [0, 0.1) is 6.92 Å². The van der Waals surface area contributed by atoms with Gasteiger partial charge in [-0.05, 0) is 31.0 Å². The Balaban J connectivity index is 1.61. The van der Waals surface area contributed by atoms with Crippen LogP contribution in [0.1, 0.15) is 17.5 Å². The maximum atomic E-state index is 12.4. The average molecular weight is 331 g/mol. The third-order valence-electron chi connectivity index (χ3n) is 3.95. The number of hydrogen-bond acceptors (Lipinski definition) is 4. The molecule has 2 aromatic rings. The van der Waals surface area contributed by atoms with E-state index in [4.69, 9.17) is 0 Å². The number of hydrogen-bond donors (Lipinski definition) is 1. The molecular formula is C17H21N3O2S. The van der Waals surface area contributed by atoms with Crippen LogP contribution in [-0.4, -0.2) is 32.5 Å². The Bertz CT molecular complexity index is 762. The number of pyridine rings is 1. The van der Waals surface area contributed by atoms with Crippen LogP contribution >= 0.6 is 0 Å². The molecule has 1 atom stereocenters. The van der Waals surface area contributed by atoms with Crippen LogP contribution < -0.4 is 9.62 Å². The van der Waals surface area contributed by atoms with Gasteiger partial charge in [0.15, 0.2) is 0 Å². The lowest BCUT2D eigenvalue weighted by molar-refractivity contribution is 0.560. The Morgan fingerprint density at radius 3 is 2.87 bits per heavy atom. The van der Waals surface area contributed by atoms with Gasteiger partial charge in [0.25, 0.3) is 0 Å². The molecule has 1 fully saturated rings. The van der Waals surface area contributed by atoms with Crippen molar-refractivity contribution < 1.29 is 8.42 Å². The quantitative estimate of drug-likeness (QED) is 0.911. The van der Waals surface area contributed by atoms with E-state index in [1.165, 1.54) is 0 Å². The van der Waals surface area contributed by atoms with Gasteiger partial charge in [-0.3, -0.25) is 0 Å². The summed E-state index contributed by atoms with van der Waals surface area (Å²) in [4.78, 5) is 6.43. The lowest BCUT2D eigenvalue weighted by Crippen LogP contribution is -2.37. The van der Waals surface area contributed by atoms with Gasteiger partial charge in [0.1, 0.15) is 5.82 Å². The first-order valence-electron chi connectivity index (χ1n) is 7.73. The minimum absolute atomic E-state index is 0.0226. The molecule has 0 amide bonds. The lowest BCUT2D eigenvalue weighted by Gasteiger charge is -2.17. The largest absolute Gasteiger partial charge is 0.355 e. The standard InChI is InChI=1S/C17H21N3O2S/c1-14-5-4-6-15(11-14)13-23(21,22)19-16-8-10-20(12-16)17-7-2-3-9-18-17/h2-7,9,11,16,19H,8,10,12-13H2,1H3/t16-/m1/s1. The number of anilines is 1. The number of sulfonamides is 1. The SMILES string of the molecule is Cc1cccc(CS(=O)(=O)N[C@@H]2CCN(c3ccccn3)C2)c1. The molecule has 1 N–H and O–H groups in total. The summed E-state index contributed by atoms with van der Waals surface area (Å²) >= 11 is 0. The molecule has 0 aliphatic carbocycles. The van der Waals surface area contributed by atoms with Gasteiger partial charge in [0.2, 0.25) is 10.0 Å². The minimum Gasteiger partial charge on any atom is -0.355 e. The van der Waals surface area contributed by atoms with Gasteiger partial charge in [-0.2, -0.15) is 0 Å². The van der Waals surface area contributed by atoms with Crippen LogP contribution in [-0.2, 0) is 15.8 Å². The van der Waals surface area contributed by atoms with Gasteiger partial charge in [0, 0.05) is 25.3 Å². The van der Waals surface area contributed by atoms with E-state index in [0.29, 0.717) is 6.54 Å². The summed E-state index contributed by atoms with van der Waals surface area (Å²) in [6.07, 6.45) is 2.55. The first-order valence-corrected chi connectivity index (χ1v) is 9.39. The number of rotatable bonds is 5. The van der Waals surface area contributed by atoms with Crippen LogP contribution in [0.15, 0.2) is 48.7 Å². The third-order valence-corrected chi connectivity index (χ3v) is 5.35. The van der Waals surface area contributed by atoms with Gasteiger partial charge in [-0.25, -0.2) is 18.1 Å². The fourth-order valence-corrected chi connectivity index (χ4v) is 4.32. The highest BCUT2D eigenvalue weighted by Gasteiger charge is 2.27. The maximum Gasteiger partial charge on any atom is 0.216 e. The first-order chi connectivity index (χ1) is 11.0. The summed E-state index contributed by atoms with van der Waals surface area (Å²) in [7, 11) is -3.34. The molecule has 6 heteroatoms. The zero-order valence-electron chi connectivity index (χ0n) is 13.1. The Morgan fingerprint density at radius 2 is 2.13 bits per heavy atom. The zero-order chi connectivity index (χ0) is 16.3. The van der Waals surface area contributed by atoms with Gasteiger partial charge < -0.3 is 4.90 Å². The zero-order valence-corrected chi connectivity index (χ0v) is 14.0. The van der Waals surface area contributed by atoms with Crippen molar-refractivity contribution in [3.63, 3.8) is 0 Å². The van der Waals surface area contributed by atoms with E-state index in [0.717, 1.165) is 29.9 Å². The Kier molecular flexibility index (Phi) is 4.63. The molecule has 5 nitrogen and oxygen atoms in total. The topological polar surface area (TPSA) is 62.3 Å². The predicted molar refractivity (Wildman–Crippen MR) is 91.8 cm³/mol. The highest BCUT2D eigenvalue weighted by molar-refractivity contribution is 7.88. The molecular weight excluding hydrogens is 310 g/mol. The molecule has 1 aliphatic heterocycles. The molecule has 0 radical (unpaired) electrons. The molecule has 0 saturated carbocycles. The Morgan fingerprint density at radius 1 is 1.26 bits per heavy atom. The summed E-state index contributed by atoms with van der Waals surface area (Å²) in [5.41, 5.74) is 1.89. The van der Waals surface area contributed by atoms with Crippen molar-refractivity contribution in [2.24, 2.45) is 0 Å². The van der Waals surface area contributed by atoms with E-state index in [2.05, 4.69) is 14.6 Å². The molecule has 1 saturated heterocycles. The molecule has 2 heterocycles. The second kappa shape index (κ2) is 6.68. The normalized spacial score (nSPS) is 18.3. The molecule has 3 rings (SSSR count). The Labute approximate surface area is 137 Å². The van der Waals surface area contributed by atoms with Crippen LogP contribution in [0.3, 0.4) is 0 Å². The molecule has 0 bridgehead atoms. The third kappa shape index (κ3) is 4.30. The van der Waals surface area contributed by atoms with E-state index in [1.54, 1.807) is 6.20 Å². The van der Waals surface area contributed by atoms with Crippen LogP contribution in [0.4, 0.5) is 5.82 Å². The van der Waals surface area contributed by atoms with E-state index >= 15 is 0 Å². The summed E-state index contributed by atoms with van der Waals surface area (Å²) in [5, 5.41) is 0. The first kappa shape index (κ1) is 16.0. The minimum atomic E-state index is -3.34. The number of aromatic nitrogens is 1. The molecule has 122 valence electrons. The highest BCUT2D eigenvalue weighted by atomic mass is 32.2. The molecule has 1 aromatic carbocycles. The lowest BCUT2D eigenvalue weighted by atomic mass is 10.2. The molecule has 1 aliphatic rings. The van der Waals surface area contributed by atoms with Crippen molar-refractivity contribution in [3.8, 4) is 0 Å². The van der Waals surface area contributed by atoms with Crippen LogP contribution in [0.2, 0.25) is 0 Å². The number of aryl methyl sites for hydroxylation is 1. The van der Waals surface area contributed by atoms with Crippen LogP contribution in [0.25, 0.3) is 0 Å². The summed E-state index contributed by atoms with van der Waals surface area (Å²) < 4.78 is 27.6. The number of nitrogens with one attached hydrogen (secondary N) is 1. The summed E-state index contributed by atoms with van der Waals surface area (Å²) in [6.45, 7) is 3.43. The second-order valence-electron chi connectivity index (χ2n) is 5.99. The summed E-state index contributed by atoms with van der Waals surface area (Å²) in [5.74, 6) is 0.919. The molecule has 0 unspecified atom stereocenters. The predicted octanol–water partition coefficient (Wildman–Crippen LogP) is 2.09. The number of nitrogens with zero attached hydrogens (tertiary/aromatic N) is 2. The second-order valence-corrected chi connectivity index (χ2v) is 7.74. The van der Waals surface area contributed by atoms with Crippen LogP contribution in [0.5, 0.6) is 0 Å². The fourth-order valence-electron chi connectivity index (χ4n) is 2.92. The van der Waals surface area contributed by atoms with E-state index in [9.17, 15) is 8.42 Å². The highest BCUT2D eigenvalue weighted by Crippen LogP contribution is 2.18. The molecule has 0 spiro atoms. The van der Waals surface area contributed by atoms with E-state index in [1.807, 2.05) is 49.4 Å². The maximum absolute atomic E-state index is 12.4. The van der Waals surface area contributed by atoms with Crippen molar-refractivity contribution >= 4 is 15.8 Å². The van der Waals surface area contributed by atoms with Crippen molar-refractivity contribution in [1.82, 2.24) is 9.71 Å².